The van der Waals surface area contributed by atoms with E-state index in [0.29, 0.717) is 12.2 Å². The Morgan fingerprint density at radius 3 is 2.67 bits per heavy atom. The lowest BCUT2D eigenvalue weighted by Gasteiger charge is -2.24. The summed E-state index contributed by atoms with van der Waals surface area (Å²) < 4.78 is 28.9. The van der Waals surface area contributed by atoms with Gasteiger partial charge in [-0.2, -0.15) is 0 Å². The molecule has 0 bridgehead atoms. The Morgan fingerprint density at radius 1 is 1.21 bits per heavy atom. The molecule has 2 saturated heterocycles. The van der Waals surface area contributed by atoms with E-state index in [-0.39, 0.29) is 24.1 Å². The molecule has 130 valence electrons. The molecule has 1 aliphatic carbocycles. The first kappa shape index (κ1) is 16.0. The van der Waals surface area contributed by atoms with E-state index in [2.05, 4.69) is 0 Å². The Labute approximate surface area is 141 Å². The topological polar surface area (TPSA) is 63.2 Å². The number of ether oxygens (including phenoxy) is 5. The molecule has 3 aliphatic rings. The highest BCUT2D eigenvalue weighted by molar-refractivity contribution is 5.89. The second-order valence-corrected chi connectivity index (χ2v) is 7.06. The SMILES string of the molecule is CO[C@@H]1O[C@@]2(C[C@H]2COC(=O)c2ccccc2)C2OC(C)(C)O[C@@H]21. The van der Waals surface area contributed by atoms with Crippen molar-refractivity contribution in [3.8, 4) is 0 Å². The number of hydrogen-bond donors (Lipinski definition) is 0. The first-order valence-electron chi connectivity index (χ1n) is 8.24. The van der Waals surface area contributed by atoms with Gasteiger partial charge in [0.2, 0.25) is 0 Å². The lowest BCUT2D eigenvalue weighted by molar-refractivity contribution is -0.235. The van der Waals surface area contributed by atoms with Crippen LogP contribution in [0.3, 0.4) is 0 Å². The summed E-state index contributed by atoms with van der Waals surface area (Å²) in [4.78, 5) is 12.1. The fourth-order valence-corrected chi connectivity index (χ4v) is 3.75. The molecule has 0 N–H and O–H groups in total. The summed E-state index contributed by atoms with van der Waals surface area (Å²) in [6, 6.07) is 8.97. The van der Waals surface area contributed by atoms with E-state index >= 15 is 0 Å². The number of carbonyl (C=O) groups excluding carboxylic acids is 1. The van der Waals surface area contributed by atoms with Gasteiger partial charge in [-0.15, -0.1) is 0 Å². The molecule has 2 heterocycles. The monoisotopic (exact) mass is 334 g/mol. The highest BCUT2D eigenvalue weighted by Gasteiger charge is 2.73. The summed E-state index contributed by atoms with van der Waals surface area (Å²) in [7, 11) is 1.60. The van der Waals surface area contributed by atoms with E-state index in [1.807, 2.05) is 32.0 Å². The van der Waals surface area contributed by atoms with E-state index < -0.39 is 17.7 Å². The maximum Gasteiger partial charge on any atom is 0.338 e. The summed E-state index contributed by atoms with van der Waals surface area (Å²) in [6.45, 7) is 4.08. The molecule has 6 heteroatoms. The Bertz CT molecular complexity index is 630. The molecule has 5 atom stereocenters. The molecular formula is C18H22O6. The van der Waals surface area contributed by atoms with Crippen molar-refractivity contribution < 1.29 is 28.5 Å². The number of benzene rings is 1. The molecule has 1 saturated carbocycles. The number of hydrogen-bond acceptors (Lipinski definition) is 6. The van der Waals surface area contributed by atoms with E-state index in [0.717, 1.165) is 6.42 Å². The van der Waals surface area contributed by atoms with Crippen molar-refractivity contribution in [3.63, 3.8) is 0 Å². The third-order valence-electron chi connectivity index (χ3n) is 4.97. The van der Waals surface area contributed by atoms with Gasteiger partial charge in [-0.3, -0.25) is 0 Å². The molecule has 0 aromatic heterocycles. The third kappa shape index (κ3) is 2.54. The number of esters is 1. The fraction of sp³-hybridized carbons (Fsp3) is 0.611. The largest absolute Gasteiger partial charge is 0.462 e. The van der Waals surface area contributed by atoms with E-state index in [9.17, 15) is 4.79 Å². The minimum absolute atomic E-state index is 0.0929. The highest BCUT2D eigenvalue weighted by Crippen LogP contribution is 2.60. The third-order valence-corrected chi connectivity index (χ3v) is 4.97. The summed E-state index contributed by atoms with van der Waals surface area (Å²) >= 11 is 0. The van der Waals surface area contributed by atoms with Gasteiger partial charge in [-0.25, -0.2) is 4.79 Å². The number of rotatable bonds is 4. The molecular weight excluding hydrogens is 312 g/mol. The standard InChI is InChI=1S/C18H22O6/c1-17(2)22-13-14(23-17)18(24-16(13)20-3)9-12(18)10-21-15(19)11-7-5-4-6-8-11/h4-8,12-14,16H,9-10H2,1-3H3/t12-,13-,14?,16+,18+/m0/s1. The summed E-state index contributed by atoms with van der Waals surface area (Å²) in [5.74, 6) is -0.883. The molecule has 6 nitrogen and oxygen atoms in total. The van der Waals surface area contributed by atoms with Crippen LogP contribution in [0.5, 0.6) is 0 Å². The predicted molar refractivity (Wildman–Crippen MR) is 83.3 cm³/mol. The smallest absolute Gasteiger partial charge is 0.338 e. The number of fused-ring (bicyclic) bond motifs is 2. The van der Waals surface area contributed by atoms with Crippen LogP contribution in [0.15, 0.2) is 30.3 Å². The zero-order chi connectivity index (χ0) is 16.9. The predicted octanol–water partition coefficient (Wildman–Crippen LogP) is 2.12. The number of methoxy groups -OCH3 is 1. The quantitative estimate of drug-likeness (QED) is 0.786. The molecule has 2 aliphatic heterocycles. The second-order valence-electron chi connectivity index (χ2n) is 7.06. The van der Waals surface area contributed by atoms with Crippen LogP contribution in [0.25, 0.3) is 0 Å². The van der Waals surface area contributed by atoms with Gasteiger partial charge < -0.3 is 23.7 Å². The molecule has 1 aromatic carbocycles. The van der Waals surface area contributed by atoms with Crippen LogP contribution in [0.2, 0.25) is 0 Å². The van der Waals surface area contributed by atoms with Gasteiger partial charge in [0.25, 0.3) is 0 Å². The molecule has 1 unspecified atom stereocenters. The molecule has 4 rings (SSSR count). The first-order chi connectivity index (χ1) is 11.5. The van der Waals surface area contributed by atoms with Crippen molar-refractivity contribution in [2.75, 3.05) is 13.7 Å². The maximum absolute atomic E-state index is 12.1. The van der Waals surface area contributed by atoms with Crippen LogP contribution in [-0.2, 0) is 23.7 Å². The average Bonchev–Trinajstić information content (AvgIpc) is 3.07. The Morgan fingerprint density at radius 2 is 1.96 bits per heavy atom. The second kappa shape index (κ2) is 5.52. The summed E-state index contributed by atoms with van der Waals surface area (Å²) in [6.07, 6.45) is -0.125. The summed E-state index contributed by atoms with van der Waals surface area (Å²) in [5.41, 5.74) is 0.0737. The van der Waals surface area contributed by atoms with Gasteiger partial charge in [0.05, 0.1) is 12.2 Å². The van der Waals surface area contributed by atoms with Crippen molar-refractivity contribution in [1.29, 1.82) is 0 Å². The van der Waals surface area contributed by atoms with Gasteiger partial charge in [-0.05, 0) is 32.4 Å². The Kier molecular flexibility index (Phi) is 3.69. The molecule has 0 amide bonds. The van der Waals surface area contributed by atoms with Crippen LogP contribution in [0.1, 0.15) is 30.6 Å². The minimum Gasteiger partial charge on any atom is -0.462 e. The van der Waals surface area contributed by atoms with Crippen molar-refractivity contribution in [2.45, 2.75) is 50.2 Å². The normalized spacial score (nSPS) is 39.0. The van der Waals surface area contributed by atoms with E-state index in [1.54, 1.807) is 19.2 Å². The van der Waals surface area contributed by atoms with Gasteiger partial charge in [0.1, 0.15) is 17.8 Å². The van der Waals surface area contributed by atoms with Gasteiger partial charge >= 0.3 is 5.97 Å². The van der Waals surface area contributed by atoms with Crippen LogP contribution < -0.4 is 0 Å². The minimum atomic E-state index is -0.656. The average molecular weight is 334 g/mol. The van der Waals surface area contributed by atoms with Crippen molar-refractivity contribution >= 4 is 5.97 Å². The first-order valence-corrected chi connectivity index (χ1v) is 8.24. The van der Waals surface area contributed by atoms with Crippen LogP contribution in [0, 0.1) is 5.92 Å². The highest BCUT2D eigenvalue weighted by atomic mass is 16.8. The molecule has 0 radical (unpaired) electrons. The van der Waals surface area contributed by atoms with Gasteiger partial charge in [0.15, 0.2) is 12.1 Å². The lowest BCUT2D eigenvalue weighted by atomic mass is 10.1. The molecule has 1 spiro atoms. The van der Waals surface area contributed by atoms with Gasteiger partial charge in [0, 0.05) is 13.0 Å². The zero-order valence-electron chi connectivity index (χ0n) is 14.1. The maximum atomic E-state index is 12.1. The van der Waals surface area contributed by atoms with E-state index in [1.165, 1.54) is 0 Å². The zero-order valence-corrected chi connectivity index (χ0v) is 14.1. The van der Waals surface area contributed by atoms with Crippen molar-refractivity contribution in [2.24, 2.45) is 5.92 Å². The Hall–Kier alpha value is -1.47. The molecule has 3 fully saturated rings. The molecule has 1 aromatic rings. The summed E-state index contributed by atoms with van der Waals surface area (Å²) in [5, 5.41) is 0. The number of carbonyl (C=O) groups is 1. The van der Waals surface area contributed by atoms with Crippen LogP contribution in [-0.4, -0.2) is 49.6 Å². The lowest BCUT2D eigenvalue weighted by Crippen LogP contribution is -2.33. The van der Waals surface area contributed by atoms with Crippen molar-refractivity contribution in [1.82, 2.24) is 0 Å². The van der Waals surface area contributed by atoms with E-state index in [4.69, 9.17) is 23.7 Å². The molecule has 24 heavy (non-hydrogen) atoms. The Balaban J connectivity index is 1.41. The van der Waals surface area contributed by atoms with Crippen LogP contribution >= 0.6 is 0 Å². The van der Waals surface area contributed by atoms with Crippen LogP contribution in [0.4, 0.5) is 0 Å². The van der Waals surface area contributed by atoms with Crippen molar-refractivity contribution in [3.05, 3.63) is 35.9 Å². The van der Waals surface area contributed by atoms with Gasteiger partial charge in [-0.1, -0.05) is 18.2 Å². The fourth-order valence-electron chi connectivity index (χ4n) is 3.75.